The van der Waals surface area contributed by atoms with Crippen LogP contribution in [0, 0.1) is 5.82 Å². The standard InChI is InChI=1S/C39H44FN3O5S2/c1-3-48-37-17-11-10-16-35(37)43(50(46,47)34-24-22-33(49-2)23-25-34)28-38(44)42(27-30-18-20-31(40)21-19-30)36(26-29-12-6-4-7-13-29)39(45)41-32-14-8-5-9-15-32/h4,6-7,10-13,16-25,32,36H,3,5,8-9,14-15,26-28H2,1-2H3,(H,41,45). The van der Waals surface area contributed by atoms with Gasteiger partial charge in [0.05, 0.1) is 17.2 Å². The van der Waals surface area contributed by atoms with Gasteiger partial charge in [-0.15, -0.1) is 11.8 Å². The van der Waals surface area contributed by atoms with E-state index in [9.17, 15) is 22.4 Å². The molecule has 0 bridgehead atoms. The summed E-state index contributed by atoms with van der Waals surface area (Å²) in [6, 6.07) is 27.4. The average molecular weight is 718 g/mol. The Kier molecular flexibility index (Phi) is 12.9. The first-order chi connectivity index (χ1) is 24.2. The van der Waals surface area contributed by atoms with Gasteiger partial charge in [0.25, 0.3) is 10.0 Å². The third-order valence-electron chi connectivity index (χ3n) is 8.85. The van der Waals surface area contributed by atoms with E-state index in [4.69, 9.17) is 4.74 Å². The van der Waals surface area contributed by atoms with Gasteiger partial charge in [-0.1, -0.05) is 73.9 Å². The monoisotopic (exact) mass is 717 g/mol. The molecule has 50 heavy (non-hydrogen) atoms. The number of hydrogen-bond acceptors (Lipinski definition) is 6. The van der Waals surface area contributed by atoms with E-state index in [2.05, 4.69) is 5.32 Å². The molecule has 1 aliphatic carbocycles. The van der Waals surface area contributed by atoms with E-state index in [0.29, 0.717) is 11.3 Å². The SMILES string of the molecule is CCOc1ccccc1N(CC(=O)N(Cc1ccc(F)cc1)C(Cc1ccccc1)C(=O)NC1CCCCC1)S(=O)(=O)c1ccc(SC)cc1. The van der Waals surface area contributed by atoms with Crippen LogP contribution in [0.1, 0.15) is 50.2 Å². The van der Waals surface area contributed by atoms with Crippen LogP contribution in [-0.4, -0.2) is 56.6 Å². The molecule has 1 unspecified atom stereocenters. The predicted molar refractivity (Wildman–Crippen MR) is 196 cm³/mol. The second kappa shape index (κ2) is 17.5. The Morgan fingerprint density at radius 1 is 0.880 bits per heavy atom. The maximum atomic E-state index is 14.8. The zero-order valence-electron chi connectivity index (χ0n) is 28.5. The van der Waals surface area contributed by atoms with Crippen molar-refractivity contribution in [2.24, 2.45) is 0 Å². The second-order valence-electron chi connectivity index (χ2n) is 12.3. The maximum absolute atomic E-state index is 14.8. The van der Waals surface area contributed by atoms with Crippen molar-refractivity contribution in [3.63, 3.8) is 0 Å². The van der Waals surface area contributed by atoms with Gasteiger partial charge in [0.1, 0.15) is 24.2 Å². The molecule has 0 spiro atoms. The van der Waals surface area contributed by atoms with Crippen LogP contribution in [-0.2, 0) is 32.6 Å². The zero-order valence-corrected chi connectivity index (χ0v) is 30.1. The lowest BCUT2D eigenvalue weighted by Gasteiger charge is -2.35. The van der Waals surface area contributed by atoms with Crippen molar-refractivity contribution >= 4 is 39.3 Å². The summed E-state index contributed by atoms with van der Waals surface area (Å²) in [5.74, 6) is -1.04. The van der Waals surface area contributed by atoms with E-state index in [1.54, 1.807) is 55.5 Å². The number of nitrogens with one attached hydrogen (secondary N) is 1. The number of hydrogen-bond donors (Lipinski definition) is 1. The largest absolute Gasteiger partial charge is 0.492 e. The van der Waals surface area contributed by atoms with E-state index in [1.807, 2.05) is 36.6 Å². The van der Waals surface area contributed by atoms with Gasteiger partial charge >= 0.3 is 0 Å². The van der Waals surface area contributed by atoms with Gasteiger partial charge in [0.15, 0.2) is 0 Å². The van der Waals surface area contributed by atoms with E-state index >= 15 is 0 Å². The maximum Gasteiger partial charge on any atom is 0.264 e. The van der Waals surface area contributed by atoms with Gasteiger partial charge < -0.3 is 15.0 Å². The number of amides is 2. The van der Waals surface area contributed by atoms with Crippen molar-refractivity contribution in [2.45, 2.75) is 73.9 Å². The summed E-state index contributed by atoms with van der Waals surface area (Å²) in [6.45, 7) is 1.42. The smallest absolute Gasteiger partial charge is 0.264 e. The number of anilines is 1. The Bertz CT molecular complexity index is 1820. The molecule has 1 aliphatic rings. The average Bonchev–Trinajstić information content (AvgIpc) is 3.14. The molecule has 1 fully saturated rings. The van der Waals surface area contributed by atoms with Crippen molar-refractivity contribution in [2.75, 3.05) is 23.7 Å². The molecule has 1 atom stereocenters. The number of benzene rings is 4. The second-order valence-corrected chi connectivity index (χ2v) is 15.0. The summed E-state index contributed by atoms with van der Waals surface area (Å²) < 4.78 is 49.8. The van der Waals surface area contributed by atoms with Crippen LogP contribution in [0.5, 0.6) is 5.75 Å². The zero-order chi connectivity index (χ0) is 35.5. The summed E-state index contributed by atoms with van der Waals surface area (Å²) in [6.07, 6.45) is 6.94. The highest BCUT2D eigenvalue weighted by Gasteiger charge is 2.36. The number of ether oxygens (including phenoxy) is 1. The van der Waals surface area contributed by atoms with Crippen LogP contribution >= 0.6 is 11.8 Å². The summed E-state index contributed by atoms with van der Waals surface area (Å²) >= 11 is 1.49. The van der Waals surface area contributed by atoms with Gasteiger partial charge in [-0.3, -0.25) is 13.9 Å². The summed E-state index contributed by atoms with van der Waals surface area (Å²) in [4.78, 5) is 31.4. The molecule has 264 valence electrons. The number of nitrogens with zero attached hydrogens (tertiary/aromatic N) is 2. The number of thioether (sulfide) groups is 1. The van der Waals surface area contributed by atoms with Crippen molar-refractivity contribution in [1.82, 2.24) is 10.2 Å². The Hall–Kier alpha value is -4.35. The van der Waals surface area contributed by atoms with E-state index in [-0.39, 0.29) is 42.1 Å². The molecule has 4 aromatic carbocycles. The normalized spacial score (nSPS) is 14.1. The van der Waals surface area contributed by atoms with Crippen LogP contribution < -0.4 is 14.4 Å². The minimum Gasteiger partial charge on any atom is -0.492 e. The molecule has 11 heteroatoms. The predicted octanol–water partition coefficient (Wildman–Crippen LogP) is 7.23. The molecule has 0 radical (unpaired) electrons. The lowest BCUT2D eigenvalue weighted by atomic mass is 9.94. The lowest BCUT2D eigenvalue weighted by Crippen LogP contribution is -2.55. The number of carbonyl (C=O) groups is 2. The number of carbonyl (C=O) groups excluding carboxylic acids is 2. The summed E-state index contributed by atoms with van der Waals surface area (Å²) in [5, 5.41) is 3.20. The highest BCUT2D eigenvalue weighted by molar-refractivity contribution is 7.98. The van der Waals surface area contributed by atoms with Crippen LogP contribution in [0.3, 0.4) is 0 Å². The van der Waals surface area contributed by atoms with Crippen LogP contribution in [0.2, 0.25) is 0 Å². The fourth-order valence-electron chi connectivity index (χ4n) is 6.21. The van der Waals surface area contributed by atoms with Crippen molar-refractivity contribution in [1.29, 1.82) is 0 Å². The fourth-order valence-corrected chi connectivity index (χ4v) is 8.05. The number of sulfonamides is 1. The molecule has 8 nitrogen and oxygen atoms in total. The highest BCUT2D eigenvalue weighted by Crippen LogP contribution is 2.33. The van der Waals surface area contributed by atoms with Crippen molar-refractivity contribution < 1.29 is 27.1 Å². The molecule has 5 rings (SSSR count). The highest BCUT2D eigenvalue weighted by atomic mass is 32.2. The van der Waals surface area contributed by atoms with Gasteiger partial charge in [0, 0.05) is 23.9 Å². The Morgan fingerprint density at radius 2 is 1.54 bits per heavy atom. The first kappa shape index (κ1) is 36.9. The third kappa shape index (κ3) is 9.45. The Balaban J connectivity index is 1.59. The first-order valence-electron chi connectivity index (χ1n) is 17.0. The van der Waals surface area contributed by atoms with Gasteiger partial charge in [-0.25, -0.2) is 12.8 Å². The van der Waals surface area contributed by atoms with E-state index in [1.165, 1.54) is 40.9 Å². The minimum absolute atomic E-state index is 0.00960. The Labute approximate surface area is 299 Å². The quantitative estimate of drug-likeness (QED) is 0.131. The Morgan fingerprint density at radius 3 is 2.20 bits per heavy atom. The molecule has 1 saturated carbocycles. The first-order valence-corrected chi connectivity index (χ1v) is 19.6. The van der Waals surface area contributed by atoms with Crippen LogP contribution in [0.15, 0.2) is 113 Å². The van der Waals surface area contributed by atoms with Crippen LogP contribution in [0.25, 0.3) is 0 Å². The van der Waals surface area contributed by atoms with Crippen molar-refractivity contribution in [3.8, 4) is 5.75 Å². The number of para-hydroxylation sites is 2. The van der Waals surface area contributed by atoms with E-state index in [0.717, 1.165) is 46.9 Å². The lowest BCUT2D eigenvalue weighted by molar-refractivity contribution is -0.140. The van der Waals surface area contributed by atoms with Crippen molar-refractivity contribution in [3.05, 3.63) is 120 Å². The topological polar surface area (TPSA) is 96.0 Å². The molecule has 2 amide bonds. The fraction of sp³-hybridized carbons (Fsp3) is 0.333. The van der Waals surface area contributed by atoms with Gasteiger partial charge in [0.2, 0.25) is 11.8 Å². The van der Waals surface area contributed by atoms with Crippen LogP contribution in [0.4, 0.5) is 10.1 Å². The molecule has 0 aliphatic heterocycles. The molecule has 0 saturated heterocycles. The van der Waals surface area contributed by atoms with Gasteiger partial charge in [-0.2, -0.15) is 0 Å². The third-order valence-corrected chi connectivity index (χ3v) is 11.4. The van der Waals surface area contributed by atoms with E-state index < -0.39 is 34.3 Å². The molecular weight excluding hydrogens is 674 g/mol. The summed E-state index contributed by atoms with van der Waals surface area (Å²) in [5.41, 5.74) is 1.64. The number of rotatable bonds is 15. The minimum atomic E-state index is -4.31. The molecular formula is C39H44FN3O5S2. The molecule has 0 heterocycles. The molecule has 1 N–H and O–H groups in total. The molecule has 0 aromatic heterocycles. The summed E-state index contributed by atoms with van der Waals surface area (Å²) in [7, 11) is -4.31. The molecule has 4 aromatic rings. The number of halogens is 1. The van der Waals surface area contributed by atoms with Gasteiger partial charge in [-0.05, 0) is 85.7 Å².